The molecular weight excluding hydrogens is 391 g/mol. The Balaban J connectivity index is 1.94. The minimum atomic E-state index is -5.09. The summed E-state index contributed by atoms with van der Waals surface area (Å²) in [7, 11) is 2.13. The summed E-state index contributed by atoms with van der Waals surface area (Å²) in [5.74, 6) is -4.66. The zero-order valence-electron chi connectivity index (χ0n) is 16.0. The van der Waals surface area contributed by atoms with Gasteiger partial charge in [-0.05, 0) is 6.08 Å². The van der Waals surface area contributed by atoms with E-state index in [-0.39, 0.29) is 0 Å². The van der Waals surface area contributed by atoms with Gasteiger partial charge in [-0.1, -0.05) is 43.3 Å². The molecule has 6 nitrogen and oxygen atoms in total. The number of alkyl halides is 3. The van der Waals surface area contributed by atoms with Gasteiger partial charge in [-0.25, -0.2) is 4.79 Å². The molecule has 1 aliphatic heterocycles. The Labute approximate surface area is 165 Å². The minimum absolute atomic E-state index is 0.390. The summed E-state index contributed by atoms with van der Waals surface area (Å²) in [6.45, 7) is 1.56. The number of hydrogen-bond donors (Lipinski definition) is 0. The number of methoxy groups -OCH3 is 1. The van der Waals surface area contributed by atoms with Gasteiger partial charge in [-0.3, -0.25) is 14.5 Å². The van der Waals surface area contributed by atoms with Crippen LogP contribution in [0.1, 0.15) is 12.5 Å². The van der Waals surface area contributed by atoms with Crippen molar-refractivity contribution in [1.29, 1.82) is 0 Å². The van der Waals surface area contributed by atoms with E-state index in [9.17, 15) is 27.6 Å². The van der Waals surface area contributed by atoms with Crippen LogP contribution in [0, 0.1) is 17.8 Å². The monoisotopic (exact) mass is 411 g/mol. The molecular formula is C20H20F3NO5. The number of likely N-dealkylation sites (tertiary alicyclic amines) is 1. The van der Waals surface area contributed by atoms with Crippen LogP contribution >= 0.6 is 0 Å². The molecule has 2 amide bonds. The minimum Gasteiger partial charge on any atom is -0.455 e. The Morgan fingerprint density at radius 3 is 2.24 bits per heavy atom. The third-order valence-corrected chi connectivity index (χ3v) is 5.63. The first-order valence-corrected chi connectivity index (χ1v) is 8.94. The summed E-state index contributed by atoms with van der Waals surface area (Å²) in [5, 5.41) is 0. The molecule has 156 valence electrons. The van der Waals surface area contributed by atoms with Gasteiger partial charge < -0.3 is 9.47 Å². The van der Waals surface area contributed by atoms with Crippen molar-refractivity contribution < 1.29 is 37.0 Å². The number of hydrogen-bond acceptors (Lipinski definition) is 5. The molecule has 0 saturated carbocycles. The second-order valence-corrected chi connectivity index (χ2v) is 7.15. The number of ether oxygens (including phenoxy) is 2. The molecule has 1 aliphatic carbocycles. The third kappa shape index (κ3) is 3.13. The van der Waals surface area contributed by atoms with E-state index >= 15 is 0 Å². The van der Waals surface area contributed by atoms with Crippen molar-refractivity contribution in [3.05, 3.63) is 48.0 Å². The van der Waals surface area contributed by atoms with Gasteiger partial charge in [0.1, 0.15) is 6.10 Å². The molecule has 29 heavy (non-hydrogen) atoms. The van der Waals surface area contributed by atoms with Crippen molar-refractivity contribution >= 4 is 17.8 Å². The summed E-state index contributed by atoms with van der Waals surface area (Å²) < 4.78 is 51.9. The van der Waals surface area contributed by atoms with E-state index in [2.05, 4.69) is 0 Å². The molecule has 2 aliphatic rings. The number of rotatable bonds is 4. The normalized spacial score (nSPS) is 28.8. The van der Waals surface area contributed by atoms with E-state index in [1.807, 2.05) is 0 Å². The first kappa shape index (κ1) is 21.0. The van der Waals surface area contributed by atoms with E-state index < -0.39 is 59.0 Å². The number of carbonyl (C=O) groups excluding carboxylic acids is 3. The first-order chi connectivity index (χ1) is 13.6. The van der Waals surface area contributed by atoms with Crippen molar-refractivity contribution in [3.63, 3.8) is 0 Å². The van der Waals surface area contributed by atoms with Gasteiger partial charge in [-0.15, -0.1) is 0 Å². The molecule has 0 bridgehead atoms. The van der Waals surface area contributed by atoms with Crippen molar-refractivity contribution in [2.75, 3.05) is 14.2 Å². The molecule has 0 unspecified atom stereocenters. The Hall–Kier alpha value is -2.68. The fourth-order valence-electron chi connectivity index (χ4n) is 3.97. The molecule has 3 rings (SSSR count). The molecule has 0 spiro atoms. The topological polar surface area (TPSA) is 72.9 Å². The second kappa shape index (κ2) is 7.29. The highest BCUT2D eigenvalue weighted by Crippen LogP contribution is 2.45. The Bertz CT molecular complexity index is 853. The van der Waals surface area contributed by atoms with E-state index in [4.69, 9.17) is 9.47 Å². The van der Waals surface area contributed by atoms with Gasteiger partial charge in [0, 0.05) is 25.6 Å². The average molecular weight is 411 g/mol. The van der Waals surface area contributed by atoms with Gasteiger partial charge in [0.2, 0.25) is 11.8 Å². The van der Waals surface area contributed by atoms with Crippen LogP contribution in [0.15, 0.2) is 42.5 Å². The molecule has 1 fully saturated rings. The molecule has 1 heterocycles. The van der Waals surface area contributed by atoms with Crippen molar-refractivity contribution in [1.82, 2.24) is 4.90 Å². The lowest BCUT2D eigenvalue weighted by atomic mass is 9.76. The number of carbonyl (C=O) groups is 3. The largest absolute Gasteiger partial charge is 0.455 e. The molecule has 9 heteroatoms. The molecule has 0 radical (unpaired) electrons. The van der Waals surface area contributed by atoms with E-state index in [0.717, 1.165) is 24.1 Å². The van der Waals surface area contributed by atoms with Crippen molar-refractivity contribution in [3.8, 4) is 0 Å². The van der Waals surface area contributed by atoms with Gasteiger partial charge >= 0.3 is 12.1 Å². The van der Waals surface area contributed by atoms with Crippen LogP contribution in [-0.4, -0.2) is 49.1 Å². The summed E-state index contributed by atoms with van der Waals surface area (Å²) in [6.07, 6.45) is -3.44. The zero-order valence-corrected chi connectivity index (χ0v) is 16.0. The van der Waals surface area contributed by atoms with Gasteiger partial charge in [0.25, 0.3) is 5.60 Å². The molecule has 0 aromatic heterocycles. The van der Waals surface area contributed by atoms with Crippen LogP contribution in [0.2, 0.25) is 0 Å². The molecule has 5 atom stereocenters. The Morgan fingerprint density at radius 2 is 1.69 bits per heavy atom. The van der Waals surface area contributed by atoms with Crippen molar-refractivity contribution in [2.24, 2.45) is 17.8 Å². The first-order valence-electron chi connectivity index (χ1n) is 8.94. The van der Waals surface area contributed by atoms with E-state index in [0.29, 0.717) is 0 Å². The highest BCUT2D eigenvalue weighted by Gasteiger charge is 2.64. The second-order valence-electron chi connectivity index (χ2n) is 7.15. The van der Waals surface area contributed by atoms with Crippen LogP contribution in [0.5, 0.6) is 0 Å². The predicted molar refractivity (Wildman–Crippen MR) is 94.1 cm³/mol. The summed E-state index contributed by atoms with van der Waals surface area (Å²) in [6, 6.07) is 6.48. The van der Waals surface area contributed by atoms with Gasteiger partial charge in [0.05, 0.1) is 11.8 Å². The zero-order chi connectivity index (χ0) is 21.6. The maximum atomic E-state index is 14.0. The lowest BCUT2D eigenvalue weighted by Crippen LogP contribution is -2.53. The number of esters is 1. The number of nitrogens with zero attached hydrogens (tertiary/aromatic N) is 1. The van der Waals surface area contributed by atoms with E-state index in [1.165, 1.54) is 37.4 Å². The summed E-state index contributed by atoms with van der Waals surface area (Å²) in [5.41, 5.74) is -3.73. The Kier molecular flexibility index (Phi) is 5.29. The highest BCUT2D eigenvalue weighted by atomic mass is 19.4. The van der Waals surface area contributed by atoms with Crippen molar-refractivity contribution in [2.45, 2.75) is 24.8 Å². The van der Waals surface area contributed by atoms with Crippen LogP contribution in [-0.2, 0) is 29.5 Å². The fraction of sp³-hybridized carbons (Fsp3) is 0.450. The number of benzene rings is 1. The summed E-state index contributed by atoms with van der Waals surface area (Å²) in [4.78, 5) is 38.3. The number of imide groups is 1. The lowest BCUT2D eigenvalue weighted by molar-refractivity contribution is -0.278. The number of halogens is 3. The third-order valence-electron chi connectivity index (χ3n) is 5.63. The fourth-order valence-corrected chi connectivity index (χ4v) is 3.97. The lowest BCUT2D eigenvalue weighted by Gasteiger charge is -2.36. The average Bonchev–Trinajstić information content (AvgIpc) is 2.89. The highest BCUT2D eigenvalue weighted by molar-refractivity contribution is 6.06. The smallest absolute Gasteiger partial charge is 0.432 e. The molecule has 0 N–H and O–H groups in total. The molecule has 1 saturated heterocycles. The predicted octanol–water partition coefficient (Wildman–Crippen LogP) is 2.44. The van der Waals surface area contributed by atoms with Crippen LogP contribution < -0.4 is 0 Å². The summed E-state index contributed by atoms with van der Waals surface area (Å²) >= 11 is 0. The maximum absolute atomic E-state index is 14.0. The standard InChI is InChI=1S/C20H20F3NO5/c1-11-14(10-9-13-15(11)17(26)24(2)16(13)25)29-18(27)19(28-3,20(21,22)23)12-7-5-4-6-8-12/h4-11,13-15H,1-3H3/t11-,13+,14-,15-,19-/m0/s1. The van der Waals surface area contributed by atoms with Crippen LogP contribution in [0.3, 0.4) is 0 Å². The Morgan fingerprint density at radius 1 is 1.07 bits per heavy atom. The van der Waals surface area contributed by atoms with Gasteiger partial charge in [0.15, 0.2) is 0 Å². The molecule has 1 aromatic rings. The number of fused-ring (bicyclic) bond motifs is 1. The van der Waals surface area contributed by atoms with Crippen LogP contribution in [0.4, 0.5) is 13.2 Å². The van der Waals surface area contributed by atoms with Crippen LogP contribution in [0.25, 0.3) is 0 Å². The molecule has 1 aromatic carbocycles. The number of amides is 2. The SMILES string of the molecule is CO[C@](C(=O)O[C@H]1C=C[C@H]2C(=O)N(C)C(=O)[C@H]2[C@H]1C)(c1ccccc1)C(F)(F)F. The quantitative estimate of drug-likeness (QED) is 0.432. The van der Waals surface area contributed by atoms with Gasteiger partial charge in [-0.2, -0.15) is 13.2 Å². The van der Waals surface area contributed by atoms with E-state index in [1.54, 1.807) is 6.92 Å². The maximum Gasteiger partial charge on any atom is 0.432 e.